The second-order valence-corrected chi connectivity index (χ2v) is 5.74. The molecule has 9 heteroatoms. The van der Waals surface area contributed by atoms with Gasteiger partial charge in [-0.25, -0.2) is 4.39 Å². The van der Waals surface area contributed by atoms with Gasteiger partial charge in [0.25, 0.3) is 5.91 Å². The summed E-state index contributed by atoms with van der Waals surface area (Å²) in [5.74, 6) is 0.620. The van der Waals surface area contributed by atoms with Gasteiger partial charge in [-0.15, -0.1) is 12.4 Å². The van der Waals surface area contributed by atoms with E-state index < -0.39 is 0 Å². The first-order chi connectivity index (χ1) is 11.7. The maximum absolute atomic E-state index is 13.0. The summed E-state index contributed by atoms with van der Waals surface area (Å²) in [6.45, 7) is 3.65. The fourth-order valence-electron chi connectivity index (χ4n) is 2.74. The number of benzene rings is 1. The molecule has 1 aliphatic rings. The lowest BCUT2D eigenvalue weighted by Gasteiger charge is -2.21. The molecule has 3 rings (SSSR count). The molecular weight excluding hydrogens is 349 g/mol. The second-order valence-electron chi connectivity index (χ2n) is 5.74. The lowest BCUT2D eigenvalue weighted by Crippen LogP contribution is -2.35. The number of aromatic nitrogens is 2. The van der Waals surface area contributed by atoms with Crippen LogP contribution >= 0.6 is 12.4 Å². The van der Waals surface area contributed by atoms with Crippen molar-refractivity contribution >= 4 is 18.3 Å². The molecule has 0 atom stereocenters. The first-order valence-electron chi connectivity index (χ1n) is 7.94. The van der Waals surface area contributed by atoms with Gasteiger partial charge in [0.05, 0.1) is 13.1 Å². The third-order valence-electron chi connectivity index (χ3n) is 4.02. The van der Waals surface area contributed by atoms with E-state index in [4.69, 9.17) is 10.3 Å². The lowest BCUT2D eigenvalue weighted by molar-refractivity contribution is 0.0761. The molecule has 1 fully saturated rings. The first-order valence-corrected chi connectivity index (χ1v) is 7.94. The van der Waals surface area contributed by atoms with E-state index in [0.29, 0.717) is 36.9 Å². The number of halogens is 2. The summed E-state index contributed by atoms with van der Waals surface area (Å²) in [6.07, 6.45) is 0.856. The largest absolute Gasteiger partial charge is 0.338 e. The summed E-state index contributed by atoms with van der Waals surface area (Å²) in [4.78, 5) is 20.7. The Kier molecular flexibility index (Phi) is 6.86. The van der Waals surface area contributed by atoms with Gasteiger partial charge in [0.2, 0.25) is 5.89 Å². The molecule has 1 saturated heterocycles. The third kappa shape index (κ3) is 4.97. The zero-order valence-corrected chi connectivity index (χ0v) is 14.5. The second kappa shape index (κ2) is 8.89. The minimum absolute atomic E-state index is 0. The summed E-state index contributed by atoms with van der Waals surface area (Å²) in [6, 6.07) is 5.66. The number of hydrogen-bond acceptors (Lipinski definition) is 6. The van der Waals surface area contributed by atoms with Crippen LogP contribution in [0.5, 0.6) is 0 Å². The number of amides is 1. The molecule has 2 heterocycles. The van der Waals surface area contributed by atoms with E-state index in [1.165, 1.54) is 24.3 Å². The highest BCUT2D eigenvalue weighted by Gasteiger charge is 2.21. The number of carbonyl (C=O) groups is 1. The van der Waals surface area contributed by atoms with E-state index in [2.05, 4.69) is 15.0 Å². The fourth-order valence-corrected chi connectivity index (χ4v) is 2.74. The summed E-state index contributed by atoms with van der Waals surface area (Å²) in [5.41, 5.74) is 5.97. The molecule has 25 heavy (non-hydrogen) atoms. The zero-order valence-electron chi connectivity index (χ0n) is 13.7. The van der Waals surface area contributed by atoms with Crippen molar-refractivity contribution in [1.29, 1.82) is 0 Å². The van der Waals surface area contributed by atoms with E-state index in [1.54, 1.807) is 4.90 Å². The van der Waals surface area contributed by atoms with Crippen molar-refractivity contribution in [3.8, 4) is 0 Å². The lowest BCUT2D eigenvalue weighted by atomic mass is 10.2. The Labute approximate surface area is 151 Å². The van der Waals surface area contributed by atoms with Gasteiger partial charge in [0, 0.05) is 31.7 Å². The Balaban J connectivity index is 0.00000225. The smallest absolute Gasteiger partial charge is 0.253 e. The van der Waals surface area contributed by atoms with Crippen LogP contribution in [0.1, 0.15) is 28.5 Å². The molecule has 0 radical (unpaired) electrons. The number of nitrogens with zero attached hydrogens (tertiary/aromatic N) is 4. The molecule has 1 aromatic heterocycles. The van der Waals surface area contributed by atoms with Gasteiger partial charge in [-0.05, 0) is 30.7 Å². The van der Waals surface area contributed by atoms with Crippen molar-refractivity contribution in [1.82, 2.24) is 19.9 Å². The monoisotopic (exact) mass is 369 g/mol. The van der Waals surface area contributed by atoms with Crippen molar-refractivity contribution in [2.24, 2.45) is 5.73 Å². The fraction of sp³-hybridized carbons (Fsp3) is 0.438. The summed E-state index contributed by atoms with van der Waals surface area (Å²) in [7, 11) is 0. The molecule has 0 unspecified atom stereocenters. The molecule has 0 aliphatic carbocycles. The molecule has 2 N–H and O–H groups in total. The number of rotatable bonds is 4. The highest BCUT2D eigenvalue weighted by atomic mass is 35.5. The van der Waals surface area contributed by atoms with Crippen molar-refractivity contribution in [2.45, 2.75) is 19.5 Å². The minimum Gasteiger partial charge on any atom is -0.338 e. The van der Waals surface area contributed by atoms with Gasteiger partial charge in [0.1, 0.15) is 5.82 Å². The van der Waals surface area contributed by atoms with E-state index in [1.807, 2.05) is 0 Å². The van der Waals surface area contributed by atoms with Crippen LogP contribution in [0, 0.1) is 5.82 Å². The summed E-state index contributed by atoms with van der Waals surface area (Å²) < 4.78 is 18.0. The van der Waals surface area contributed by atoms with Gasteiger partial charge in [-0.2, -0.15) is 4.98 Å². The van der Waals surface area contributed by atoms with Crippen LogP contribution in [0.15, 0.2) is 28.8 Å². The maximum Gasteiger partial charge on any atom is 0.253 e. The van der Waals surface area contributed by atoms with Crippen molar-refractivity contribution < 1.29 is 13.7 Å². The van der Waals surface area contributed by atoms with Gasteiger partial charge >= 0.3 is 0 Å². The van der Waals surface area contributed by atoms with Crippen molar-refractivity contribution in [2.75, 3.05) is 26.2 Å². The first kappa shape index (κ1) is 19.3. The summed E-state index contributed by atoms with van der Waals surface area (Å²) in [5, 5.41) is 3.90. The van der Waals surface area contributed by atoms with E-state index >= 15 is 0 Å². The minimum atomic E-state index is -0.342. The van der Waals surface area contributed by atoms with E-state index in [0.717, 1.165) is 19.5 Å². The highest BCUT2D eigenvalue weighted by molar-refractivity contribution is 5.94. The molecule has 7 nitrogen and oxygen atoms in total. The van der Waals surface area contributed by atoms with Gasteiger partial charge in [0.15, 0.2) is 5.82 Å². The van der Waals surface area contributed by atoms with Crippen LogP contribution in [0.2, 0.25) is 0 Å². The molecule has 136 valence electrons. The summed E-state index contributed by atoms with van der Waals surface area (Å²) >= 11 is 0. The van der Waals surface area contributed by atoms with Crippen LogP contribution in [0.3, 0.4) is 0 Å². The van der Waals surface area contributed by atoms with E-state index in [9.17, 15) is 9.18 Å². The predicted molar refractivity (Wildman–Crippen MR) is 91.6 cm³/mol. The van der Waals surface area contributed by atoms with E-state index in [-0.39, 0.29) is 30.7 Å². The standard InChI is InChI=1S/C16H20FN5O2.ClH/c17-13-4-2-12(3-5-13)16(23)22-7-1-6-21(8-9-22)11-14-19-15(10-18)24-20-14;/h2-5H,1,6-11,18H2;1H. The van der Waals surface area contributed by atoms with Gasteiger partial charge < -0.3 is 15.2 Å². The Morgan fingerprint density at radius 1 is 1.20 bits per heavy atom. The van der Waals surface area contributed by atoms with Crippen molar-refractivity contribution in [3.63, 3.8) is 0 Å². The molecule has 1 aliphatic heterocycles. The average molecular weight is 370 g/mol. The maximum atomic E-state index is 13.0. The van der Waals surface area contributed by atoms with Crippen molar-refractivity contribution in [3.05, 3.63) is 47.4 Å². The quantitative estimate of drug-likeness (QED) is 0.877. The normalized spacial score (nSPS) is 15.5. The van der Waals surface area contributed by atoms with Gasteiger partial charge in [-0.3, -0.25) is 9.69 Å². The third-order valence-corrected chi connectivity index (χ3v) is 4.02. The Morgan fingerprint density at radius 3 is 2.64 bits per heavy atom. The van der Waals surface area contributed by atoms with Crippen LogP contribution in [-0.2, 0) is 13.1 Å². The SMILES string of the molecule is Cl.NCc1nc(CN2CCCN(C(=O)c3ccc(F)cc3)CC2)no1. The van der Waals surface area contributed by atoms with Gasteiger partial charge in [-0.1, -0.05) is 5.16 Å². The highest BCUT2D eigenvalue weighted by Crippen LogP contribution is 2.12. The molecule has 0 saturated carbocycles. The number of nitrogens with two attached hydrogens (primary N) is 1. The number of carbonyl (C=O) groups excluding carboxylic acids is 1. The number of hydrogen-bond donors (Lipinski definition) is 1. The Morgan fingerprint density at radius 2 is 1.96 bits per heavy atom. The van der Waals surface area contributed by atoms with Crippen LogP contribution in [0.4, 0.5) is 4.39 Å². The van der Waals surface area contributed by atoms with Crippen LogP contribution in [-0.4, -0.2) is 52.0 Å². The topological polar surface area (TPSA) is 88.5 Å². The predicted octanol–water partition coefficient (Wildman–Crippen LogP) is 1.44. The molecule has 0 spiro atoms. The molecular formula is C16H21ClFN5O2. The Bertz CT molecular complexity index is 694. The zero-order chi connectivity index (χ0) is 16.9. The molecule has 1 amide bonds. The molecule has 1 aromatic carbocycles. The molecule has 2 aromatic rings. The van der Waals surface area contributed by atoms with Crippen LogP contribution < -0.4 is 5.73 Å². The Hall–Kier alpha value is -2.03. The molecule has 0 bridgehead atoms. The van der Waals surface area contributed by atoms with Crippen LogP contribution in [0.25, 0.3) is 0 Å². The average Bonchev–Trinajstić information content (AvgIpc) is 2.92.